The van der Waals surface area contributed by atoms with Crippen molar-refractivity contribution in [2.24, 2.45) is 0 Å². The lowest BCUT2D eigenvalue weighted by Gasteiger charge is -2.25. The van der Waals surface area contributed by atoms with E-state index in [0.717, 1.165) is 11.4 Å². The van der Waals surface area contributed by atoms with E-state index < -0.39 is 0 Å². The summed E-state index contributed by atoms with van der Waals surface area (Å²) in [6.07, 6.45) is 0. The van der Waals surface area contributed by atoms with Crippen LogP contribution in [0, 0.1) is 0 Å². The first kappa shape index (κ1) is 21.3. The van der Waals surface area contributed by atoms with Gasteiger partial charge in [-0.25, -0.2) is 0 Å². The maximum Gasteiger partial charge on any atom is 0.320 e. The largest absolute Gasteiger partial charge is 0.465 e. The van der Waals surface area contributed by atoms with E-state index in [9.17, 15) is 9.59 Å². The van der Waals surface area contributed by atoms with Crippen molar-refractivity contribution in [3.63, 3.8) is 0 Å². The van der Waals surface area contributed by atoms with Gasteiger partial charge in [-0.3, -0.25) is 24.4 Å². The topological polar surface area (TPSA) is 81.2 Å². The van der Waals surface area contributed by atoms with E-state index in [0.29, 0.717) is 52.6 Å². The van der Waals surface area contributed by atoms with Crippen LogP contribution in [0.4, 0.5) is 0 Å². The smallest absolute Gasteiger partial charge is 0.320 e. The van der Waals surface area contributed by atoms with Gasteiger partial charge in [0, 0.05) is 26.2 Å². The third-order valence-corrected chi connectivity index (χ3v) is 4.06. The van der Waals surface area contributed by atoms with Gasteiger partial charge >= 0.3 is 11.9 Å². The van der Waals surface area contributed by atoms with Gasteiger partial charge in [-0.1, -0.05) is 6.07 Å². The van der Waals surface area contributed by atoms with Crippen LogP contribution in [0.15, 0.2) is 18.2 Å². The van der Waals surface area contributed by atoms with E-state index in [1.54, 1.807) is 13.8 Å². The van der Waals surface area contributed by atoms with Crippen LogP contribution in [0.5, 0.6) is 0 Å². The highest BCUT2D eigenvalue weighted by molar-refractivity contribution is 5.72. The lowest BCUT2D eigenvalue weighted by atomic mass is 10.2. The molecule has 0 amide bonds. The molecule has 0 saturated carbocycles. The second kappa shape index (κ2) is 11.6. The van der Waals surface area contributed by atoms with E-state index in [4.69, 9.17) is 14.2 Å². The molecule has 8 nitrogen and oxygen atoms in total. The van der Waals surface area contributed by atoms with Crippen molar-refractivity contribution >= 4 is 11.9 Å². The molecule has 2 bridgehead atoms. The van der Waals surface area contributed by atoms with Crippen molar-refractivity contribution in [3.05, 3.63) is 29.6 Å². The molecule has 150 valence electrons. The van der Waals surface area contributed by atoms with E-state index in [1.165, 1.54) is 0 Å². The Morgan fingerprint density at radius 3 is 1.89 bits per heavy atom. The Morgan fingerprint density at radius 1 is 0.963 bits per heavy atom. The molecule has 1 aromatic rings. The number of fused-ring (bicyclic) bond motifs is 2. The van der Waals surface area contributed by atoms with Gasteiger partial charge in [0.2, 0.25) is 0 Å². The molecule has 2 rings (SSSR count). The van der Waals surface area contributed by atoms with Crippen LogP contribution in [-0.4, -0.2) is 79.3 Å². The summed E-state index contributed by atoms with van der Waals surface area (Å²) < 4.78 is 15.8. The zero-order valence-electron chi connectivity index (χ0n) is 16.2. The van der Waals surface area contributed by atoms with Crippen LogP contribution in [-0.2, 0) is 36.9 Å². The number of carbonyl (C=O) groups excluding carboxylic acids is 2. The molecule has 8 heteroatoms. The number of esters is 2. The quantitative estimate of drug-likeness (QED) is 0.673. The third kappa shape index (κ3) is 8.03. The molecular formula is C19H29N3O5. The molecule has 2 heterocycles. The van der Waals surface area contributed by atoms with Gasteiger partial charge in [-0.2, -0.15) is 0 Å². The number of aromatic nitrogens is 1. The SMILES string of the molecule is CCOC(=O)CN1CCOCCN(CC(=O)OCC)Cc2cccc(n2)C1. The van der Waals surface area contributed by atoms with Crippen molar-refractivity contribution in [2.75, 3.05) is 52.6 Å². The van der Waals surface area contributed by atoms with Crippen molar-refractivity contribution in [2.45, 2.75) is 26.9 Å². The number of ether oxygens (including phenoxy) is 3. The number of nitrogens with zero attached hydrogens (tertiary/aromatic N) is 3. The number of hydrogen-bond acceptors (Lipinski definition) is 8. The second-order valence-corrected chi connectivity index (χ2v) is 6.26. The van der Waals surface area contributed by atoms with Crippen LogP contribution >= 0.6 is 0 Å². The van der Waals surface area contributed by atoms with E-state index in [2.05, 4.69) is 4.98 Å². The van der Waals surface area contributed by atoms with Crippen molar-refractivity contribution in [1.29, 1.82) is 0 Å². The third-order valence-electron chi connectivity index (χ3n) is 4.06. The first-order valence-electron chi connectivity index (χ1n) is 9.39. The zero-order chi connectivity index (χ0) is 19.5. The molecule has 0 saturated heterocycles. The van der Waals surface area contributed by atoms with Crippen LogP contribution in [0.25, 0.3) is 0 Å². The highest BCUT2D eigenvalue weighted by Gasteiger charge is 2.17. The Morgan fingerprint density at radius 2 is 1.44 bits per heavy atom. The lowest BCUT2D eigenvalue weighted by Crippen LogP contribution is -2.36. The summed E-state index contributed by atoms with van der Waals surface area (Å²) in [6.45, 7) is 8.00. The van der Waals surface area contributed by atoms with Gasteiger partial charge in [0.1, 0.15) is 0 Å². The average Bonchev–Trinajstić information content (AvgIpc) is 2.61. The highest BCUT2D eigenvalue weighted by atomic mass is 16.5. The molecule has 0 atom stereocenters. The molecule has 0 unspecified atom stereocenters. The molecule has 0 N–H and O–H groups in total. The second-order valence-electron chi connectivity index (χ2n) is 6.26. The predicted octanol–water partition coefficient (Wildman–Crippen LogP) is 0.842. The monoisotopic (exact) mass is 379 g/mol. The minimum Gasteiger partial charge on any atom is -0.465 e. The molecule has 0 spiro atoms. The molecule has 0 fully saturated rings. The fraction of sp³-hybridized carbons (Fsp3) is 0.632. The summed E-state index contributed by atoms with van der Waals surface area (Å²) in [5.41, 5.74) is 1.74. The molecular weight excluding hydrogens is 350 g/mol. The number of rotatable bonds is 6. The maximum absolute atomic E-state index is 11.8. The first-order valence-corrected chi connectivity index (χ1v) is 9.39. The fourth-order valence-corrected chi connectivity index (χ4v) is 2.86. The van der Waals surface area contributed by atoms with E-state index >= 15 is 0 Å². The molecule has 1 aromatic heterocycles. The van der Waals surface area contributed by atoms with Crippen LogP contribution in [0.3, 0.4) is 0 Å². The minimum atomic E-state index is -0.249. The molecule has 0 aliphatic carbocycles. The standard InChI is InChI=1S/C19H29N3O5/c1-3-26-18(23)14-21-8-10-25-11-9-22(15-19(24)27-4-2)13-17-7-5-6-16(12-21)20-17/h5-7H,3-4,8-15H2,1-2H3. The van der Waals surface area contributed by atoms with Gasteiger partial charge in [0.15, 0.2) is 0 Å². The molecule has 0 aromatic carbocycles. The van der Waals surface area contributed by atoms with Crippen molar-refractivity contribution in [1.82, 2.24) is 14.8 Å². The Hall–Kier alpha value is -2.03. The summed E-state index contributed by atoms with van der Waals surface area (Å²) in [5, 5.41) is 0. The summed E-state index contributed by atoms with van der Waals surface area (Å²) in [5.74, 6) is -0.497. The average molecular weight is 379 g/mol. The van der Waals surface area contributed by atoms with Crippen molar-refractivity contribution in [3.8, 4) is 0 Å². The number of hydrogen-bond donors (Lipinski definition) is 0. The number of carbonyl (C=O) groups is 2. The van der Waals surface area contributed by atoms with E-state index in [-0.39, 0.29) is 25.0 Å². The van der Waals surface area contributed by atoms with Gasteiger partial charge in [0.25, 0.3) is 0 Å². The maximum atomic E-state index is 11.8. The minimum absolute atomic E-state index is 0.206. The summed E-state index contributed by atoms with van der Waals surface area (Å²) >= 11 is 0. The predicted molar refractivity (Wildman–Crippen MR) is 98.9 cm³/mol. The van der Waals surface area contributed by atoms with Crippen molar-refractivity contribution < 1.29 is 23.8 Å². The molecule has 27 heavy (non-hydrogen) atoms. The van der Waals surface area contributed by atoms with Gasteiger partial charge in [0.05, 0.1) is 50.9 Å². The summed E-state index contributed by atoms with van der Waals surface area (Å²) in [4.78, 5) is 32.3. The van der Waals surface area contributed by atoms with Crippen LogP contribution in [0.1, 0.15) is 25.2 Å². The highest BCUT2D eigenvalue weighted by Crippen LogP contribution is 2.08. The Labute approximate surface area is 160 Å². The molecule has 1 aliphatic rings. The Kier molecular flexibility index (Phi) is 9.17. The van der Waals surface area contributed by atoms with Crippen LogP contribution in [0.2, 0.25) is 0 Å². The Balaban J connectivity index is 2.07. The van der Waals surface area contributed by atoms with Gasteiger partial charge in [-0.05, 0) is 26.0 Å². The van der Waals surface area contributed by atoms with Gasteiger partial charge < -0.3 is 14.2 Å². The zero-order valence-corrected chi connectivity index (χ0v) is 16.2. The molecule has 1 aliphatic heterocycles. The normalized spacial score (nSPS) is 16.8. The fourth-order valence-electron chi connectivity index (χ4n) is 2.86. The molecule has 0 radical (unpaired) electrons. The van der Waals surface area contributed by atoms with Gasteiger partial charge in [-0.15, -0.1) is 0 Å². The Bertz CT molecular complexity index is 564. The summed E-state index contributed by atoms with van der Waals surface area (Å²) in [7, 11) is 0. The summed E-state index contributed by atoms with van der Waals surface area (Å²) in [6, 6.07) is 5.82. The van der Waals surface area contributed by atoms with E-state index in [1.807, 2.05) is 28.0 Å². The van der Waals surface area contributed by atoms with Crippen LogP contribution < -0.4 is 0 Å². The first-order chi connectivity index (χ1) is 13.1. The number of pyridine rings is 1. The lowest BCUT2D eigenvalue weighted by molar-refractivity contribution is -0.145.